The highest BCUT2D eigenvalue weighted by Gasteiger charge is 2.26. The van der Waals surface area contributed by atoms with E-state index < -0.39 is 0 Å². The molecule has 1 heterocycles. The molecule has 1 aliphatic heterocycles. The maximum Gasteiger partial charge on any atom is 0.236 e. The Kier molecular flexibility index (Phi) is 5.20. The van der Waals surface area contributed by atoms with Gasteiger partial charge in [-0.2, -0.15) is 0 Å². The maximum atomic E-state index is 12.1. The molecule has 0 aliphatic carbocycles. The molecule has 3 nitrogen and oxygen atoms in total. The number of hydrogen-bond donors (Lipinski definition) is 1. The number of carbonyl (C=O) groups is 1. The van der Waals surface area contributed by atoms with Crippen LogP contribution in [-0.4, -0.2) is 36.0 Å². The molecule has 1 fully saturated rings. The molecule has 0 aromatic rings. The second-order valence-corrected chi connectivity index (χ2v) is 7.42. The van der Waals surface area contributed by atoms with Gasteiger partial charge in [0.15, 0.2) is 0 Å². The van der Waals surface area contributed by atoms with Gasteiger partial charge in [-0.05, 0) is 44.9 Å². The van der Waals surface area contributed by atoms with Crippen LogP contribution in [0.3, 0.4) is 0 Å². The Morgan fingerprint density at radius 2 is 1.61 bits per heavy atom. The van der Waals surface area contributed by atoms with Crippen molar-refractivity contribution in [1.82, 2.24) is 10.2 Å². The van der Waals surface area contributed by atoms with Crippen molar-refractivity contribution in [1.29, 1.82) is 0 Å². The van der Waals surface area contributed by atoms with Crippen LogP contribution in [-0.2, 0) is 4.79 Å². The molecule has 0 radical (unpaired) electrons. The summed E-state index contributed by atoms with van der Waals surface area (Å²) in [5, 5.41) is 3.42. The van der Waals surface area contributed by atoms with E-state index in [0.717, 1.165) is 32.4 Å². The van der Waals surface area contributed by atoms with Crippen molar-refractivity contribution >= 4 is 5.91 Å². The quantitative estimate of drug-likeness (QED) is 0.836. The van der Waals surface area contributed by atoms with Gasteiger partial charge in [-0.25, -0.2) is 0 Å². The van der Waals surface area contributed by atoms with Crippen LogP contribution in [0.5, 0.6) is 0 Å². The Balaban J connectivity index is 2.36. The van der Waals surface area contributed by atoms with E-state index in [1.165, 1.54) is 6.42 Å². The molecule has 1 aliphatic rings. The second-order valence-electron chi connectivity index (χ2n) is 7.42. The number of hydrogen-bond acceptors (Lipinski definition) is 2. The fraction of sp³-hybridized carbons (Fsp3) is 0.933. The number of piperidine rings is 1. The molecular weight excluding hydrogens is 224 g/mol. The molecule has 1 amide bonds. The normalized spacial score (nSPS) is 17.9. The number of likely N-dealkylation sites (tertiary alicyclic amines) is 1. The zero-order valence-electron chi connectivity index (χ0n) is 12.8. The largest absolute Gasteiger partial charge is 0.342 e. The molecule has 106 valence electrons. The van der Waals surface area contributed by atoms with Crippen LogP contribution in [0.15, 0.2) is 0 Å². The van der Waals surface area contributed by atoms with Gasteiger partial charge in [-0.1, -0.05) is 20.8 Å². The first-order valence-corrected chi connectivity index (χ1v) is 7.22. The molecule has 0 saturated carbocycles. The van der Waals surface area contributed by atoms with E-state index in [-0.39, 0.29) is 16.9 Å². The minimum Gasteiger partial charge on any atom is -0.342 e. The summed E-state index contributed by atoms with van der Waals surface area (Å²) in [4.78, 5) is 14.1. The van der Waals surface area contributed by atoms with Gasteiger partial charge in [-0.15, -0.1) is 0 Å². The summed E-state index contributed by atoms with van der Waals surface area (Å²) in [7, 11) is 0. The summed E-state index contributed by atoms with van der Waals surface area (Å²) in [5.41, 5.74) is 0.300. The van der Waals surface area contributed by atoms with E-state index >= 15 is 0 Å². The molecule has 0 unspecified atom stereocenters. The zero-order valence-corrected chi connectivity index (χ0v) is 12.8. The minimum atomic E-state index is 0.0176. The zero-order chi connectivity index (χ0) is 13.8. The number of nitrogens with one attached hydrogen (secondary N) is 1. The third-order valence-corrected chi connectivity index (χ3v) is 3.40. The summed E-state index contributed by atoms with van der Waals surface area (Å²) in [5.74, 6) is 0.261. The van der Waals surface area contributed by atoms with E-state index in [2.05, 4.69) is 39.9 Å². The fourth-order valence-electron chi connectivity index (χ4n) is 2.96. The van der Waals surface area contributed by atoms with Crippen molar-refractivity contribution in [3.8, 4) is 0 Å². The molecule has 3 heteroatoms. The highest BCUT2D eigenvalue weighted by atomic mass is 16.2. The lowest BCUT2D eigenvalue weighted by atomic mass is 9.82. The molecule has 0 bridgehead atoms. The summed E-state index contributed by atoms with van der Waals surface area (Å²) in [6.45, 7) is 13.4. The molecule has 0 aromatic heterocycles. The highest BCUT2D eigenvalue weighted by molar-refractivity contribution is 5.78. The van der Waals surface area contributed by atoms with E-state index in [9.17, 15) is 4.79 Å². The highest BCUT2D eigenvalue weighted by Crippen LogP contribution is 2.26. The van der Waals surface area contributed by atoms with Crippen molar-refractivity contribution in [3.63, 3.8) is 0 Å². The Morgan fingerprint density at radius 1 is 1.06 bits per heavy atom. The van der Waals surface area contributed by atoms with E-state index in [0.29, 0.717) is 6.54 Å². The number of rotatable bonds is 4. The van der Waals surface area contributed by atoms with Gasteiger partial charge in [0.25, 0.3) is 0 Å². The standard InChI is InChI=1S/C15H30N2O/c1-14(2,3)12-15(4,5)16-11-13(18)17-9-7-6-8-10-17/h16H,6-12H2,1-5H3. The molecule has 1 rings (SSSR count). The minimum absolute atomic E-state index is 0.0176. The molecule has 1 N–H and O–H groups in total. The Labute approximate surface area is 112 Å². The van der Waals surface area contributed by atoms with E-state index in [1.54, 1.807) is 0 Å². The predicted octanol–water partition coefficient (Wildman–Crippen LogP) is 2.80. The van der Waals surface area contributed by atoms with Crippen LogP contribution in [0.2, 0.25) is 0 Å². The summed E-state index contributed by atoms with van der Waals surface area (Å²) < 4.78 is 0. The Bertz CT molecular complexity index is 273. The van der Waals surface area contributed by atoms with Crippen LogP contribution in [0.4, 0.5) is 0 Å². The van der Waals surface area contributed by atoms with Gasteiger partial charge in [0.1, 0.15) is 0 Å². The number of carbonyl (C=O) groups excluding carboxylic acids is 1. The SMILES string of the molecule is CC(C)(C)CC(C)(C)NCC(=O)N1CCCCC1. The summed E-state index contributed by atoms with van der Waals surface area (Å²) in [6, 6.07) is 0. The van der Waals surface area contributed by atoms with Crippen LogP contribution in [0.1, 0.15) is 60.3 Å². The van der Waals surface area contributed by atoms with Crippen molar-refractivity contribution < 1.29 is 4.79 Å². The van der Waals surface area contributed by atoms with Crippen LogP contribution in [0.25, 0.3) is 0 Å². The Hall–Kier alpha value is -0.570. The maximum absolute atomic E-state index is 12.1. The first-order valence-electron chi connectivity index (χ1n) is 7.22. The molecule has 0 aromatic carbocycles. The average Bonchev–Trinajstić information content (AvgIpc) is 2.24. The van der Waals surface area contributed by atoms with Crippen molar-refractivity contribution in [2.45, 2.75) is 65.8 Å². The summed E-state index contributed by atoms with van der Waals surface area (Å²) in [6.07, 6.45) is 4.66. The summed E-state index contributed by atoms with van der Waals surface area (Å²) >= 11 is 0. The molecular formula is C15H30N2O. The smallest absolute Gasteiger partial charge is 0.236 e. The lowest BCUT2D eigenvalue weighted by Crippen LogP contribution is -2.49. The average molecular weight is 254 g/mol. The number of amides is 1. The first kappa shape index (κ1) is 15.5. The van der Waals surface area contributed by atoms with Gasteiger partial charge in [0.2, 0.25) is 5.91 Å². The third kappa shape index (κ3) is 5.85. The monoisotopic (exact) mass is 254 g/mol. The van der Waals surface area contributed by atoms with Crippen molar-refractivity contribution in [2.24, 2.45) is 5.41 Å². The molecule has 0 spiro atoms. The van der Waals surface area contributed by atoms with Crippen LogP contribution in [0, 0.1) is 5.41 Å². The predicted molar refractivity (Wildman–Crippen MR) is 76.6 cm³/mol. The van der Waals surface area contributed by atoms with E-state index in [1.807, 2.05) is 4.90 Å². The first-order chi connectivity index (χ1) is 8.20. The van der Waals surface area contributed by atoms with Gasteiger partial charge in [0, 0.05) is 18.6 Å². The van der Waals surface area contributed by atoms with Crippen LogP contribution < -0.4 is 5.32 Å². The van der Waals surface area contributed by atoms with Crippen LogP contribution >= 0.6 is 0 Å². The lowest BCUT2D eigenvalue weighted by molar-refractivity contribution is -0.131. The van der Waals surface area contributed by atoms with Gasteiger partial charge in [0.05, 0.1) is 6.54 Å². The second kappa shape index (κ2) is 6.05. The van der Waals surface area contributed by atoms with Gasteiger partial charge >= 0.3 is 0 Å². The topological polar surface area (TPSA) is 32.3 Å². The Morgan fingerprint density at radius 3 is 2.11 bits per heavy atom. The fourth-order valence-corrected chi connectivity index (χ4v) is 2.96. The van der Waals surface area contributed by atoms with Gasteiger partial charge < -0.3 is 10.2 Å². The third-order valence-electron chi connectivity index (χ3n) is 3.40. The van der Waals surface area contributed by atoms with E-state index in [4.69, 9.17) is 0 Å². The lowest BCUT2D eigenvalue weighted by Gasteiger charge is -2.34. The van der Waals surface area contributed by atoms with Gasteiger partial charge in [-0.3, -0.25) is 4.79 Å². The van der Waals surface area contributed by atoms with Crippen molar-refractivity contribution in [3.05, 3.63) is 0 Å². The molecule has 18 heavy (non-hydrogen) atoms. The van der Waals surface area contributed by atoms with Crippen molar-refractivity contribution in [2.75, 3.05) is 19.6 Å². The molecule has 1 saturated heterocycles. The molecule has 0 atom stereocenters. The number of nitrogens with zero attached hydrogens (tertiary/aromatic N) is 1.